The molecule has 0 amide bonds. The Balaban J connectivity index is 2.20. The SMILES string of the molecule is O=C1CCC[C@@H]1[C@@H](O)c1cccc(Cl)c1. The molecule has 2 rings (SSSR count). The van der Waals surface area contributed by atoms with E-state index in [1.54, 1.807) is 18.2 Å². The Kier molecular flexibility index (Phi) is 3.08. The fourth-order valence-electron chi connectivity index (χ4n) is 2.10. The first kappa shape index (κ1) is 10.7. The van der Waals surface area contributed by atoms with Gasteiger partial charge >= 0.3 is 0 Å². The summed E-state index contributed by atoms with van der Waals surface area (Å²) >= 11 is 5.84. The van der Waals surface area contributed by atoms with Gasteiger partial charge in [0.2, 0.25) is 0 Å². The van der Waals surface area contributed by atoms with Crippen molar-refractivity contribution in [3.8, 4) is 0 Å². The van der Waals surface area contributed by atoms with Crippen molar-refractivity contribution in [1.82, 2.24) is 0 Å². The molecule has 15 heavy (non-hydrogen) atoms. The summed E-state index contributed by atoms with van der Waals surface area (Å²) in [5.41, 5.74) is 0.739. The minimum Gasteiger partial charge on any atom is -0.388 e. The third-order valence-corrected chi connectivity index (χ3v) is 3.16. The average Bonchev–Trinajstić information content (AvgIpc) is 2.63. The van der Waals surface area contributed by atoms with Crippen LogP contribution < -0.4 is 0 Å². The maximum atomic E-state index is 11.5. The minimum atomic E-state index is -0.696. The Morgan fingerprint density at radius 1 is 1.47 bits per heavy atom. The molecule has 0 radical (unpaired) electrons. The van der Waals surface area contributed by atoms with Crippen LogP contribution in [-0.2, 0) is 4.79 Å². The molecule has 80 valence electrons. The standard InChI is InChI=1S/C12H13ClO2/c13-9-4-1-3-8(7-9)12(15)10-5-2-6-11(10)14/h1,3-4,7,10,12,15H,2,5-6H2/t10-,12-/m0/s1. The predicted octanol–water partition coefficient (Wildman–Crippen LogP) is 2.74. The molecule has 0 unspecified atom stereocenters. The van der Waals surface area contributed by atoms with E-state index in [0.29, 0.717) is 11.4 Å². The molecule has 0 spiro atoms. The van der Waals surface area contributed by atoms with E-state index in [4.69, 9.17) is 11.6 Å². The zero-order chi connectivity index (χ0) is 10.8. The van der Waals surface area contributed by atoms with Gasteiger partial charge < -0.3 is 5.11 Å². The zero-order valence-corrected chi connectivity index (χ0v) is 9.07. The van der Waals surface area contributed by atoms with Crippen LogP contribution in [0.3, 0.4) is 0 Å². The van der Waals surface area contributed by atoms with Crippen LogP contribution in [0.4, 0.5) is 0 Å². The van der Waals surface area contributed by atoms with Gasteiger partial charge in [0.05, 0.1) is 6.10 Å². The van der Waals surface area contributed by atoms with Crippen molar-refractivity contribution in [3.05, 3.63) is 34.9 Å². The van der Waals surface area contributed by atoms with Crippen LogP contribution >= 0.6 is 11.6 Å². The summed E-state index contributed by atoms with van der Waals surface area (Å²) in [4.78, 5) is 11.5. The topological polar surface area (TPSA) is 37.3 Å². The first-order chi connectivity index (χ1) is 7.18. The summed E-state index contributed by atoms with van der Waals surface area (Å²) in [6, 6.07) is 7.08. The van der Waals surface area contributed by atoms with Crippen LogP contribution in [0.1, 0.15) is 30.9 Å². The van der Waals surface area contributed by atoms with Gasteiger partial charge in [-0.25, -0.2) is 0 Å². The number of Topliss-reactive ketones (excluding diaryl/α,β-unsaturated/α-hetero) is 1. The number of hydrogen-bond acceptors (Lipinski definition) is 2. The highest BCUT2D eigenvalue weighted by atomic mass is 35.5. The highest BCUT2D eigenvalue weighted by molar-refractivity contribution is 6.30. The molecular weight excluding hydrogens is 212 g/mol. The van der Waals surface area contributed by atoms with Crippen molar-refractivity contribution in [3.63, 3.8) is 0 Å². The fourth-order valence-corrected chi connectivity index (χ4v) is 2.30. The molecule has 1 aliphatic carbocycles. The third-order valence-electron chi connectivity index (χ3n) is 2.92. The number of benzene rings is 1. The number of hydrogen-bond donors (Lipinski definition) is 1. The van der Waals surface area contributed by atoms with Gasteiger partial charge in [-0.15, -0.1) is 0 Å². The lowest BCUT2D eigenvalue weighted by atomic mass is 9.94. The van der Waals surface area contributed by atoms with Gasteiger partial charge in [0.1, 0.15) is 5.78 Å². The molecule has 1 N–H and O–H groups in total. The van der Waals surface area contributed by atoms with E-state index in [1.165, 1.54) is 0 Å². The number of rotatable bonds is 2. The van der Waals surface area contributed by atoms with E-state index in [9.17, 15) is 9.90 Å². The lowest BCUT2D eigenvalue weighted by molar-refractivity contribution is -0.123. The molecule has 0 aromatic heterocycles. The second kappa shape index (κ2) is 4.33. The number of aliphatic hydroxyl groups is 1. The maximum absolute atomic E-state index is 11.5. The fraction of sp³-hybridized carbons (Fsp3) is 0.417. The van der Waals surface area contributed by atoms with Gasteiger partial charge in [0, 0.05) is 17.4 Å². The third kappa shape index (κ3) is 2.21. The average molecular weight is 225 g/mol. The first-order valence-corrected chi connectivity index (χ1v) is 5.52. The molecule has 0 aliphatic heterocycles. The smallest absolute Gasteiger partial charge is 0.138 e. The quantitative estimate of drug-likeness (QED) is 0.839. The Labute approximate surface area is 93.9 Å². The van der Waals surface area contributed by atoms with Gasteiger partial charge in [-0.2, -0.15) is 0 Å². The van der Waals surface area contributed by atoms with Crippen LogP contribution in [0.2, 0.25) is 5.02 Å². The summed E-state index contributed by atoms with van der Waals surface area (Å²) in [5.74, 6) is -0.0639. The molecule has 0 saturated heterocycles. The molecule has 1 saturated carbocycles. The Hall–Kier alpha value is -0.860. The summed E-state index contributed by atoms with van der Waals surface area (Å²) in [6.45, 7) is 0. The van der Waals surface area contributed by atoms with E-state index in [1.807, 2.05) is 6.07 Å². The van der Waals surface area contributed by atoms with Crippen molar-refractivity contribution in [2.75, 3.05) is 0 Å². The van der Waals surface area contributed by atoms with Gasteiger partial charge in [-0.3, -0.25) is 4.79 Å². The highest BCUT2D eigenvalue weighted by Crippen LogP contribution is 2.33. The molecule has 2 atom stereocenters. The largest absolute Gasteiger partial charge is 0.388 e. The Bertz CT molecular complexity index is 376. The van der Waals surface area contributed by atoms with Crippen LogP contribution in [0.5, 0.6) is 0 Å². The van der Waals surface area contributed by atoms with E-state index in [-0.39, 0.29) is 11.7 Å². The lowest BCUT2D eigenvalue weighted by Crippen LogP contribution is -2.16. The number of ketones is 1. The zero-order valence-electron chi connectivity index (χ0n) is 8.32. The number of carbonyl (C=O) groups excluding carboxylic acids is 1. The molecule has 3 heteroatoms. The van der Waals surface area contributed by atoms with E-state index in [0.717, 1.165) is 18.4 Å². The van der Waals surface area contributed by atoms with Gasteiger partial charge in [0.15, 0.2) is 0 Å². The van der Waals surface area contributed by atoms with Crippen molar-refractivity contribution in [2.24, 2.45) is 5.92 Å². The maximum Gasteiger partial charge on any atom is 0.138 e. The number of carbonyl (C=O) groups is 1. The van der Waals surface area contributed by atoms with E-state index in [2.05, 4.69) is 0 Å². The summed E-state index contributed by atoms with van der Waals surface area (Å²) in [6.07, 6.45) is 1.58. The van der Waals surface area contributed by atoms with Crippen molar-refractivity contribution in [1.29, 1.82) is 0 Å². The van der Waals surface area contributed by atoms with Gasteiger partial charge in [0.25, 0.3) is 0 Å². The van der Waals surface area contributed by atoms with Crippen molar-refractivity contribution in [2.45, 2.75) is 25.4 Å². The molecule has 1 aromatic rings. The van der Waals surface area contributed by atoms with Crippen LogP contribution in [0.15, 0.2) is 24.3 Å². The Morgan fingerprint density at radius 3 is 2.87 bits per heavy atom. The monoisotopic (exact) mass is 224 g/mol. The summed E-state index contributed by atoms with van der Waals surface area (Å²) < 4.78 is 0. The molecule has 0 bridgehead atoms. The Morgan fingerprint density at radius 2 is 2.27 bits per heavy atom. The molecule has 1 aliphatic rings. The second-order valence-corrected chi connectivity index (χ2v) is 4.40. The molecule has 2 nitrogen and oxygen atoms in total. The summed E-state index contributed by atoms with van der Waals surface area (Å²) in [7, 11) is 0. The highest BCUT2D eigenvalue weighted by Gasteiger charge is 2.31. The van der Waals surface area contributed by atoms with Gasteiger partial charge in [-0.1, -0.05) is 23.7 Å². The van der Waals surface area contributed by atoms with Crippen LogP contribution in [-0.4, -0.2) is 10.9 Å². The van der Waals surface area contributed by atoms with E-state index >= 15 is 0 Å². The number of halogens is 1. The molecule has 0 heterocycles. The molecular formula is C12H13ClO2. The molecule has 1 fully saturated rings. The van der Waals surface area contributed by atoms with Crippen molar-refractivity contribution >= 4 is 17.4 Å². The number of aliphatic hydroxyl groups excluding tert-OH is 1. The van der Waals surface area contributed by atoms with Crippen molar-refractivity contribution < 1.29 is 9.90 Å². The summed E-state index contributed by atoms with van der Waals surface area (Å²) in [5, 5.41) is 10.6. The first-order valence-electron chi connectivity index (χ1n) is 5.15. The normalized spacial score (nSPS) is 23.1. The van der Waals surface area contributed by atoms with Crippen LogP contribution in [0.25, 0.3) is 0 Å². The van der Waals surface area contributed by atoms with Gasteiger partial charge in [-0.05, 0) is 30.5 Å². The minimum absolute atomic E-state index is 0.169. The second-order valence-electron chi connectivity index (χ2n) is 3.96. The van der Waals surface area contributed by atoms with E-state index < -0.39 is 6.10 Å². The van der Waals surface area contributed by atoms with Crippen LogP contribution in [0, 0.1) is 5.92 Å². The lowest BCUT2D eigenvalue weighted by Gasteiger charge is -2.16. The molecule has 1 aromatic carbocycles. The predicted molar refractivity (Wildman–Crippen MR) is 58.8 cm³/mol.